The predicted molar refractivity (Wildman–Crippen MR) is 112 cm³/mol. The molecule has 1 N–H and O–H groups in total. The summed E-state index contributed by atoms with van der Waals surface area (Å²) in [6.45, 7) is 0. The molecule has 31 heavy (non-hydrogen) atoms. The molecule has 1 unspecified atom stereocenters. The van der Waals surface area contributed by atoms with Crippen molar-refractivity contribution in [3.05, 3.63) is 102 Å². The fourth-order valence-corrected chi connectivity index (χ4v) is 3.26. The highest BCUT2D eigenvalue weighted by atomic mass is 19.1. The Balaban J connectivity index is 1.75. The fourth-order valence-electron chi connectivity index (χ4n) is 3.26. The molecular weight excluding hydrogens is 402 g/mol. The van der Waals surface area contributed by atoms with Crippen LogP contribution in [0.1, 0.15) is 22.1 Å². The Morgan fingerprint density at radius 3 is 2.52 bits per heavy atom. The Labute approximate surface area is 177 Å². The first kappa shape index (κ1) is 20.3. The molecule has 0 aliphatic rings. The maximum Gasteiger partial charge on any atom is 0.212 e. The number of hydrogen-bond acceptors (Lipinski definition) is 5. The van der Waals surface area contributed by atoms with Crippen LogP contribution in [0.4, 0.5) is 14.5 Å². The van der Waals surface area contributed by atoms with Gasteiger partial charge < -0.3 is 14.6 Å². The molecule has 0 spiro atoms. The molecule has 3 aromatic carbocycles. The van der Waals surface area contributed by atoms with Crippen molar-refractivity contribution >= 4 is 11.5 Å². The third-order valence-corrected chi connectivity index (χ3v) is 4.81. The van der Waals surface area contributed by atoms with Crippen molar-refractivity contribution in [2.24, 2.45) is 0 Å². The number of carbonyl (C=O) groups excluding carboxylic acids is 1. The molecule has 156 valence electrons. The van der Waals surface area contributed by atoms with Crippen LogP contribution in [-0.2, 0) is 0 Å². The smallest absolute Gasteiger partial charge is 0.212 e. The molecule has 0 amide bonds. The molecule has 0 aliphatic carbocycles. The highest BCUT2D eigenvalue weighted by molar-refractivity contribution is 6.05. The number of nitrogens with one attached hydrogen (secondary N) is 1. The van der Waals surface area contributed by atoms with E-state index in [-0.39, 0.29) is 16.8 Å². The van der Waals surface area contributed by atoms with Crippen LogP contribution in [0.25, 0.3) is 11.1 Å². The third kappa shape index (κ3) is 4.30. The highest BCUT2D eigenvalue weighted by Gasteiger charge is 2.28. The minimum Gasteiger partial charge on any atom is -0.497 e. The van der Waals surface area contributed by atoms with Crippen LogP contribution in [0.2, 0.25) is 0 Å². The van der Waals surface area contributed by atoms with E-state index in [1.165, 1.54) is 43.7 Å². The van der Waals surface area contributed by atoms with E-state index in [1.807, 2.05) is 0 Å². The van der Waals surface area contributed by atoms with Crippen molar-refractivity contribution in [2.75, 3.05) is 12.4 Å². The average Bonchev–Trinajstić information content (AvgIpc) is 3.28. The van der Waals surface area contributed by atoms with Crippen molar-refractivity contribution in [3.8, 4) is 16.9 Å². The number of anilines is 1. The number of ether oxygens (including phenoxy) is 1. The second kappa shape index (κ2) is 8.79. The molecule has 0 aliphatic heterocycles. The van der Waals surface area contributed by atoms with Gasteiger partial charge in [0.1, 0.15) is 29.7 Å². The number of nitrogens with zero attached hydrogens (tertiary/aromatic N) is 1. The maximum atomic E-state index is 14.3. The molecule has 4 aromatic rings. The van der Waals surface area contributed by atoms with Gasteiger partial charge in [-0.2, -0.15) is 0 Å². The van der Waals surface area contributed by atoms with E-state index in [0.717, 1.165) is 0 Å². The topological polar surface area (TPSA) is 64.4 Å². The Morgan fingerprint density at radius 2 is 1.77 bits per heavy atom. The number of benzene rings is 3. The molecule has 7 heteroatoms. The molecule has 5 nitrogen and oxygen atoms in total. The Kier molecular flexibility index (Phi) is 5.75. The normalized spacial score (nSPS) is 11.7. The molecule has 1 atom stereocenters. The Morgan fingerprint density at radius 1 is 1.00 bits per heavy atom. The maximum absolute atomic E-state index is 14.3. The van der Waals surface area contributed by atoms with E-state index in [9.17, 15) is 13.6 Å². The lowest BCUT2D eigenvalue weighted by Gasteiger charge is -2.19. The zero-order chi connectivity index (χ0) is 21.8. The van der Waals surface area contributed by atoms with E-state index in [1.54, 1.807) is 42.5 Å². The van der Waals surface area contributed by atoms with Crippen LogP contribution < -0.4 is 10.1 Å². The lowest BCUT2D eigenvalue weighted by molar-refractivity contribution is 0.0961. The van der Waals surface area contributed by atoms with Crippen molar-refractivity contribution in [1.29, 1.82) is 0 Å². The number of hydrogen-bond donors (Lipinski definition) is 1. The van der Waals surface area contributed by atoms with Crippen LogP contribution in [0.15, 0.2) is 83.6 Å². The SMILES string of the molecule is COc1cccc(NC(C(=O)c2nocc2-c2ccccc2F)c2ccc(F)cc2)c1. The van der Waals surface area contributed by atoms with Crippen LogP contribution in [0.5, 0.6) is 5.75 Å². The van der Waals surface area contributed by atoms with Gasteiger partial charge in [0, 0.05) is 17.3 Å². The predicted octanol–water partition coefficient (Wildman–Crippen LogP) is 5.66. The standard InChI is InChI=1S/C24H18F2N2O3/c1-30-18-6-4-5-17(13-18)27-22(15-9-11-16(25)12-10-15)24(29)23-20(14-31-28-23)19-7-2-3-8-21(19)26/h2-14,22,27H,1H3. The van der Waals surface area contributed by atoms with Gasteiger partial charge in [-0.3, -0.25) is 4.79 Å². The first-order valence-electron chi connectivity index (χ1n) is 9.46. The van der Waals surface area contributed by atoms with Gasteiger partial charge in [-0.05, 0) is 35.9 Å². The minimum atomic E-state index is -0.927. The van der Waals surface area contributed by atoms with Crippen LogP contribution in [0, 0.1) is 11.6 Å². The van der Waals surface area contributed by atoms with Crippen molar-refractivity contribution in [2.45, 2.75) is 6.04 Å². The first-order valence-corrected chi connectivity index (χ1v) is 9.46. The van der Waals surface area contributed by atoms with E-state index in [2.05, 4.69) is 10.5 Å². The van der Waals surface area contributed by atoms with Crippen molar-refractivity contribution < 1.29 is 22.8 Å². The van der Waals surface area contributed by atoms with Gasteiger partial charge in [-0.15, -0.1) is 0 Å². The second-order valence-corrected chi connectivity index (χ2v) is 6.78. The van der Waals surface area contributed by atoms with E-state index >= 15 is 0 Å². The molecule has 0 saturated carbocycles. The summed E-state index contributed by atoms with van der Waals surface area (Å²) >= 11 is 0. The summed E-state index contributed by atoms with van der Waals surface area (Å²) in [5.74, 6) is -0.783. The number of methoxy groups -OCH3 is 1. The van der Waals surface area contributed by atoms with Gasteiger partial charge in [0.25, 0.3) is 0 Å². The second-order valence-electron chi connectivity index (χ2n) is 6.78. The molecule has 1 heterocycles. The molecule has 0 fully saturated rings. The summed E-state index contributed by atoms with van der Waals surface area (Å²) < 4.78 is 38.1. The van der Waals surface area contributed by atoms with Gasteiger partial charge in [-0.1, -0.05) is 41.6 Å². The molecule has 0 bridgehead atoms. The van der Waals surface area contributed by atoms with Crippen molar-refractivity contribution in [3.63, 3.8) is 0 Å². The number of halogens is 2. The number of rotatable bonds is 7. The summed E-state index contributed by atoms with van der Waals surface area (Å²) in [6, 6.07) is 17.7. The van der Waals surface area contributed by atoms with Crippen LogP contribution >= 0.6 is 0 Å². The number of carbonyl (C=O) groups is 1. The van der Waals surface area contributed by atoms with Gasteiger partial charge in [-0.25, -0.2) is 8.78 Å². The molecule has 0 saturated heterocycles. The summed E-state index contributed by atoms with van der Waals surface area (Å²) in [7, 11) is 1.54. The number of Topliss-reactive ketones (excluding diaryl/α,β-unsaturated/α-hetero) is 1. The summed E-state index contributed by atoms with van der Waals surface area (Å²) in [5.41, 5.74) is 1.53. The monoisotopic (exact) mass is 420 g/mol. The van der Waals surface area contributed by atoms with E-state index in [4.69, 9.17) is 9.26 Å². The molecule has 0 radical (unpaired) electrons. The Hall–Kier alpha value is -4.00. The van der Waals surface area contributed by atoms with Crippen LogP contribution in [0.3, 0.4) is 0 Å². The van der Waals surface area contributed by atoms with Gasteiger partial charge >= 0.3 is 0 Å². The van der Waals surface area contributed by atoms with Gasteiger partial charge in [0.05, 0.1) is 12.7 Å². The van der Waals surface area contributed by atoms with Gasteiger partial charge in [0.2, 0.25) is 5.78 Å². The van der Waals surface area contributed by atoms with Crippen LogP contribution in [-0.4, -0.2) is 18.0 Å². The van der Waals surface area contributed by atoms with Crippen molar-refractivity contribution in [1.82, 2.24) is 5.16 Å². The van der Waals surface area contributed by atoms with Gasteiger partial charge in [0.15, 0.2) is 5.69 Å². The minimum absolute atomic E-state index is 0.0326. The zero-order valence-electron chi connectivity index (χ0n) is 16.5. The first-order chi connectivity index (χ1) is 15.1. The largest absolute Gasteiger partial charge is 0.497 e. The van der Waals surface area contributed by atoms with E-state index in [0.29, 0.717) is 17.0 Å². The summed E-state index contributed by atoms with van der Waals surface area (Å²) in [4.78, 5) is 13.5. The highest BCUT2D eigenvalue weighted by Crippen LogP contribution is 2.31. The number of ketones is 1. The fraction of sp³-hybridized carbons (Fsp3) is 0.0833. The molecular formula is C24H18F2N2O3. The third-order valence-electron chi connectivity index (χ3n) is 4.81. The summed E-state index contributed by atoms with van der Waals surface area (Å²) in [5, 5.41) is 6.99. The number of aromatic nitrogens is 1. The molecule has 4 rings (SSSR count). The summed E-state index contributed by atoms with van der Waals surface area (Å²) in [6.07, 6.45) is 1.24. The van der Waals surface area contributed by atoms with E-state index < -0.39 is 23.5 Å². The lowest BCUT2D eigenvalue weighted by Crippen LogP contribution is -2.22. The zero-order valence-corrected chi connectivity index (χ0v) is 16.5. The lowest BCUT2D eigenvalue weighted by atomic mass is 9.96. The average molecular weight is 420 g/mol. The molecule has 1 aromatic heterocycles. The Bertz CT molecular complexity index is 1210. The quantitative estimate of drug-likeness (QED) is 0.391.